The maximum absolute atomic E-state index is 10.6. The number of aldehydes is 1. The summed E-state index contributed by atoms with van der Waals surface area (Å²) in [7, 11) is 0. The molecule has 15 heavy (non-hydrogen) atoms. The van der Waals surface area contributed by atoms with Crippen LogP contribution in [0.1, 0.15) is 27.2 Å². The van der Waals surface area contributed by atoms with Gasteiger partial charge in [0, 0.05) is 38.1 Å². The maximum Gasteiger partial charge on any atom is 0.124 e. The van der Waals surface area contributed by atoms with Crippen LogP contribution in [0.3, 0.4) is 0 Å². The highest BCUT2D eigenvalue weighted by molar-refractivity contribution is 5.53. The van der Waals surface area contributed by atoms with Crippen LogP contribution >= 0.6 is 0 Å². The maximum atomic E-state index is 10.6. The van der Waals surface area contributed by atoms with Gasteiger partial charge in [0.1, 0.15) is 6.29 Å². The van der Waals surface area contributed by atoms with E-state index in [9.17, 15) is 4.79 Å². The van der Waals surface area contributed by atoms with Crippen molar-refractivity contribution < 1.29 is 4.79 Å². The molecule has 0 aromatic carbocycles. The molecular formula is C12H24N2O. The van der Waals surface area contributed by atoms with E-state index in [-0.39, 0.29) is 5.92 Å². The Kier molecular flexibility index (Phi) is 5.26. The molecule has 1 aliphatic rings. The summed E-state index contributed by atoms with van der Waals surface area (Å²) >= 11 is 0. The van der Waals surface area contributed by atoms with E-state index in [0.29, 0.717) is 6.04 Å². The summed E-state index contributed by atoms with van der Waals surface area (Å²) in [5, 5.41) is 3.54. The van der Waals surface area contributed by atoms with E-state index in [1.54, 1.807) is 0 Å². The molecule has 0 bridgehead atoms. The van der Waals surface area contributed by atoms with Crippen LogP contribution in [0.5, 0.6) is 0 Å². The third-order valence-electron chi connectivity index (χ3n) is 2.87. The summed E-state index contributed by atoms with van der Waals surface area (Å²) in [5.41, 5.74) is 0. The second kappa shape index (κ2) is 6.23. The van der Waals surface area contributed by atoms with E-state index in [2.05, 4.69) is 24.1 Å². The normalized spacial score (nSPS) is 25.5. The molecule has 0 aromatic heterocycles. The topological polar surface area (TPSA) is 32.3 Å². The van der Waals surface area contributed by atoms with Crippen molar-refractivity contribution in [3.8, 4) is 0 Å². The van der Waals surface area contributed by atoms with Gasteiger partial charge < -0.3 is 10.1 Å². The van der Waals surface area contributed by atoms with Crippen LogP contribution in [0, 0.1) is 11.8 Å². The fraction of sp³-hybridized carbons (Fsp3) is 0.917. The van der Waals surface area contributed by atoms with Crippen molar-refractivity contribution in [1.29, 1.82) is 0 Å². The summed E-state index contributed by atoms with van der Waals surface area (Å²) < 4.78 is 0. The van der Waals surface area contributed by atoms with E-state index in [0.717, 1.165) is 38.4 Å². The first-order valence-corrected chi connectivity index (χ1v) is 6.02. The van der Waals surface area contributed by atoms with Crippen molar-refractivity contribution in [2.75, 3.05) is 26.2 Å². The molecule has 3 heteroatoms. The summed E-state index contributed by atoms with van der Waals surface area (Å²) in [6, 6.07) is 0.609. The van der Waals surface area contributed by atoms with Crippen LogP contribution in [0.25, 0.3) is 0 Å². The van der Waals surface area contributed by atoms with Gasteiger partial charge in [-0.1, -0.05) is 20.8 Å². The molecule has 2 unspecified atom stereocenters. The summed E-state index contributed by atoms with van der Waals surface area (Å²) in [6.07, 6.45) is 2.28. The lowest BCUT2D eigenvalue weighted by molar-refractivity contribution is -0.111. The first-order chi connectivity index (χ1) is 7.11. The van der Waals surface area contributed by atoms with Crippen LogP contribution in [-0.4, -0.2) is 43.4 Å². The zero-order valence-corrected chi connectivity index (χ0v) is 10.2. The van der Waals surface area contributed by atoms with Gasteiger partial charge in [0.2, 0.25) is 0 Å². The lowest BCUT2D eigenvalue weighted by Gasteiger charge is -2.35. The zero-order valence-electron chi connectivity index (χ0n) is 10.2. The molecule has 2 atom stereocenters. The van der Waals surface area contributed by atoms with E-state index < -0.39 is 0 Å². The van der Waals surface area contributed by atoms with Crippen LogP contribution in [-0.2, 0) is 4.79 Å². The quantitative estimate of drug-likeness (QED) is 0.694. The monoisotopic (exact) mass is 212 g/mol. The second-order valence-corrected chi connectivity index (χ2v) is 5.15. The number of nitrogens with zero attached hydrogens (tertiary/aromatic N) is 1. The van der Waals surface area contributed by atoms with E-state index in [1.165, 1.54) is 6.42 Å². The van der Waals surface area contributed by atoms with Crippen molar-refractivity contribution in [3.63, 3.8) is 0 Å². The number of rotatable bonds is 5. The van der Waals surface area contributed by atoms with Crippen molar-refractivity contribution in [2.24, 2.45) is 11.8 Å². The van der Waals surface area contributed by atoms with Crippen LogP contribution in [0.4, 0.5) is 0 Å². The van der Waals surface area contributed by atoms with E-state index >= 15 is 0 Å². The van der Waals surface area contributed by atoms with Crippen molar-refractivity contribution in [1.82, 2.24) is 10.2 Å². The highest BCUT2D eigenvalue weighted by atomic mass is 16.1. The smallest absolute Gasteiger partial charge is 0.124 e. The summed E-state index contributed by atoms with van der Waals surface area (Å²) in [5.74, 6) is 0.911. The van der Waals surface area contributed by atoms with Gasteiger partial charge in [-0.3, -0.25) is 4.90 Å². The minimum Gasteiger partial charge on any atom is -0.311 e. The van der Waals surface area contributed by atoms with E-state index in [1.807, 2.05) is 6.92 Å². The third-order valence-corrected chi connectivity index (χ3v) is 2.87. The van der Waals surface area contributed by atoms with Gasteiger partial charge in [-0.15, -0.1) is 0 Å². The molecule has 3 nitrogen and oxygen atoms in total. The molecular weight excluding hydrogens is 188 g/mol. The lowest BCUT2D eigenvalue weighted by atomic mass is 10.0. The number of hydrogen-bond donors (Lipinski definition) is 1. The molecule has 0 saturated carbocycles. The van der Waals surface area contributed by atoms with Gasteiger partial charge in [0.05, 0.1) is 0 Å². The SMILES string of the molecule is CC(C)CC1CN(CC(C)C=O)CCN1. The predicted molar refractivity (Wildman–Crippen MR) is 62.9 cm³/mol. The average Bonchev–Trinajstić information content (AvgIpc) is 2.17. The molecule has 1 rings (SSSR count). The number of carbonyl (C=O) groups excluding carboxylic acids is 1. The molecule has 0 spiro atoms. The minimum atomic E-state index is 0.169. The standard InChI is InChI=1S/C12H24N2O/c1-10(2)6-12-8-14(5-4-13-12)7-11(3)9-15/h9-13H,4-8H2,1-3H3. The Morgan fingerprint density at radius 2 is 2.20 bits per heavy atom. The van der Waals surface area contributed by atoms with Crippen LogP contribution in [0.15, 0.2) is 0 Å². The van der Waals surface area contributed by atoms with Gasteiger partial charge in [-0.25, -0.2) is 0 Å². The summed E-state index contributed by atoms with van der Waals surface area (Å²) in [6.45, 7) is 10.7. The highest BCUT2D eigenvalue weighted by Gasteiger charge is 2.20. The zero-order chi connectivity index (χ0) is 11.3. The molecule has 1 N–H and O–H groups in total. The van der Waals surface area contributed by atoms with Gasteiger partial charge in [-0.2, -0.15) is 0 Å². The molecule has 0 aliphatic carbocycles. The molecule has 0 aromatic rings. The molecule has 1 heterocycles. The first kappa shape index (κ1) is 12.7. The molecule has 1 saturated heterocycles. The summed E-state index contributed by atoms with van der Waals surface area (Å²) in [4.78, 5) is 13.0. The number of nitrogens with one attached hydrogen (secondary N) is 1. The second-order valence-electron chi connectivity index (χ2n) is 5.15. The van der Waals surface area contributed by atoms with Gasteiger partial charge in [-0.05, 0) is 12.3 Å². The Balaban J connectivity index is 2.31. The number of carbonyl (C=O) groups is 1. The Morgan fingerprint density at radius 1 is 1.47 bits per heavy atom. The predicted octanol–water partition coefficient (Wildman–Crippen LogP) is 1.14. The molecule has 0 radical (unpaired) electrons. The molecule has 1 fully saturated rings. The van der Waals surface area contributed by atoms with Crippen LogP contribution in [0.2, 0.25) is 0 Å². The Hall–Kier alpha value is -0.410. The average molecular weight is 212 g/mol. The third kappa shape index (κ3) is 4.76. The fourth-order valence-electron chi connectivity index (χ4n) is 2.24. The Morgan fingerprint density at radius 3 is 2.80 bits per heavy atom. The molecule has 88 valence electrons. The number of piperazine rings is 1. The Labute approximate surface area is 93.2 Å². The van der Waals surface area contributed by atoms with Crippen LogP contribution < -0.4 is 5.32 Å². The first-order valence-electron chi connectivity index (χ1n) is 6.02. The highest BCUT2D eigenvalue weighted by Crippen LogP contribution is 2.10. The molecule has 1 aliphatic heterocycles. The van der Waals surface area contributed by atoms with Gasteiger partial charge in [0.25, 0.3) is 0 Å². The Bertz CT molecular complexity index is 194. The molecule has 0 amide bonds. The fourth-order valence-corrected chi connectivity index (χ4v) is 2.24. The van der Waals surface area contributed by atoms with Gasteiger partial charge >= 0.3 is 0 Å². The van der Waals surface area contributed by atoms with Crippen molar-refractivity contribution in [3.05, 3.63) is 0 Å². The van der Waals surface area contributed by atoms with Crippen molar-refractivity contribution in [2.45, 2.75) is 33.2 Å². The number of hydrogen-bond acceptors (Lipinski definition) is 3. The lowest BCUT2D eigenvalue weighted by Crippen LogP contribution is -2.52. The van der Waals surface area contributed by atoms with Gasteiger partial charge in [0.15, 0.2) is 0 Å². The van der Waals surface area contributed by atoms with Crippen molar-refractivity contribution >= 4 is 6.29 Å². The largest absolute Gasteiger partial charge is 0.311 e. The van der Waals surface area contributed by atoms with E-state index in [4.69, 9.17) is 0 Å². The minimum absolute atomic E-state index is 0.169.